The third-order valence-electron chi connectivity index (χ3n) is 3.70. The lowest BCUT2D eigenvalue weighted by Gasteiger charge is -2.36. The SMILES string of the molecule is CC1CCC(C(=O)O)CN1C(=O)CNC(=O)c1cccs1. The lowest BCUT2D eigenvalue weighted by molar-refractivity contribution is -0.146. The Kier molecular flexibility index (Phi) is 4.95. The lowest BCUT2D eigenvalue weighted by Crippen LogP contribution is -2.50. The van der Waals surface area contributed by atoms with E-state index in [2.05, 4.69) is 5.32 Å². The van der Waals surface area contributed by atoms with E-state index in [4.69, 9.17) is 5.11 Å². The van der Waals surface area contributed by atoms with Crippen molar-refractivity contribution >= 4 is 29.1 Å². The standard InChI is InChI=1S/C14H18N2O4S/c1-9-4-5-10(14(19)20)8-16(9)12(17)7-15-13(18)11-3-2-6-21-11/h2-3,6,9-10H,4-5,7-8H2,1H3,(H,15,18)(H,19,20). The highest BCUT2D eigenvalue weighted by molar-refractivity contribution is 7.12. The number of carboxylic acids is 1. The fourth-order valence-corrected chi connectivity index (χ4v) is 3.05. The number of carbonyl (C=O) groups is 3. The number of amides is 2. The van der Waals surface area contributed by atoms with Crippen LogP contribution in [0.15, 0.2) is 17.5 Å². The van der Waals surface area contributed by atoms with Crippen LogP contribution in [0.2, 0.25) is 0 Å². The molecule has 0 aromatic carbocycles. The molecule has 6 nitrogen and oxygen atoms in total. The summed E-state index contributed by atoms with van der Waals surface area (Å²) in [6.07, 6.45) is 1.25. The van der Waals surface area contributed by atoms with E-state index in [1.165, 1.54) is 11.3 Å². The number of carbonyl (C=O) groups excluding carboxylic acids is 2. The molecule has 1 aromatic rings. The van der Waals surface area contributed by atoms with Gasteiger partial charge in [0.15, 0.2) is 0 Å². The van der Waals surface area contributed by atoms with Crippen molar-refractivity contribution in [3.63, 3.8) is 0 Å². The highest BCUT2D eigenvalue weighted by Gasteiger charge is 2.32. The molecule has 0 aliphatic carbocycles. The van der Waals surface area contributed by atoms with Crippen LogP contribution in [0, 0.1) is 5.92 Å². The van der Waals surface area contributed by atoms with Gasteiger partial charge in [-0.2, -0.15) is 0 Å². The summed E-state index contributed by atoms with van der Waals surface area (Å²) < 4.78 is 0. The Morgan fingerprint density at radius 3 is 2.81 bits per heavy atom. The average molecular weight is 310 g/mol. The molecule has 1 aliphatic rings. The van der Waals surface area contributed by atoms with Crippen LogP contribution < -0.4 is 5.32 Å². The molecule has 2 amide bonds. The van der Waals surface area contributed by atoms with Crippen LogP contribution in [0.5, 0.6) is 0 Å². The quantitative estimate of drug-likeness (QED) is 0.874. The van der Waals surface area contributed by atoms with E-state index >= 15 is 0 Å². The number of aliphatic carboxylic acids is 1. The van der Waals surface area contributed by atoms with Crippen molar-refractivity contribution < 1.29 is 19.5 Å². The van der Waals surface area contributed by atoms with Crippen molar-refractivity contribution in [1.29, 1.82) is 0 Å². The van der Waals surface area contributed by atoms with Crippen LogP contribution >= 0.6 is 11.3 Å². The molecule has 0 radical (unpaired) electrons. The minimum absolute atomic E-state index is 0.00624. The normalized spacial score (nSPS) is 21.9. The Morgan fingerprint density at radius 1 is 1.43 bits per heavy atom. The van der Waals surface area contributed by atoms with Gasteiger partial charge in [0, 0.05) is 12.6 Å². The summed E-state index contributed by atoms with van der Waals surface area (Å²) >= 11 is 1.31. The minimum atomic E-state index is -0.873. The second-order valence-corrected chi connectivity index (χ2v) is 6.12. The molecule has 2 heterocycles. The molecule has 114 valence electrons. The lowest BCUT2D eigenvalue weighted by atomic mass is 9.93. The van der Waals surface area contributed by atoms with E-state index in [9.17, 15) is 14.4 Å². The molecule has 1 fully saturated rings. The summed E-state index contributed by atoms with van der Waals surface area (Å²) in [5, 5.41) is 13.4. The van der Waals surface area contributed by atoms with Crippen LogP contribution in [0.25, 0.3) is 0 Å². The molecule has 1 aliphatic heterocycles. The Balaban J connectivity index is 1.89. The Labute approximate surface area is 126 Å². The van der Waals surface area contributed by atoms with Gasteiger partial charge in [0.1, 0.15) is 0 Å². The molecule has 0 spiro atoms. The molecular weight excluding hydrogens is 292 g/mol. The fourth-order valence-electron chi connectivity index (χ4n) is 2.41. The van der Waals surface area contributed by atoms with Gasteiger partial charge in [0.2, 0.25) is 5.91 Å². The van der Waals surface area contributed by atoms with Gasteiger partial charge in [0.25, 0.3) is 5.91 Å². The molecule has 2 unspecified atom stereocenters. The van der Waals surface area contributed by atoms with Crippen molar-refractivity contribution in [2.75, 3.05) is 13.1 Å². The first-order valence-corrected chi connectivity index (χ1v) is 7.71. The molecule has 21 heavy (non-hydrogen) atoms. The summed E-state index contributed by atoms with van der Waals surface area (Å²) in [5.41, 5.74) is 0. The number of hydrogen-bond acceptors (Lipinski definition) is 4. The number of likely N-dealkylation sites (tertiary alicyclic amines) is 1. The Hall–Kier alpha value is -1.89. The molecule has 2 atom stereocenters. The number of rotatable bonds is 4. The Bertz CT molecular complexity index is 529. The fraction of sp³-hybridized carbons (Fsp3) is 0.500. The van der Waals surface area contributed by atoms with E-state index < -0.39 is 11.9 Å². The van der Waals surface area contributed by atoms with Crippen molar-refractivity contribution in [3.05, 3.63) is 22.4 Å². The van der Waals surface area contributed by atoms with Gasteiger partial charge in [-0.3, -0.25) is 14.4 Å². The number of carboxylic acid groups (broad SMARTS) is 1. The number of nitrogens with one attached hydrogen (secondary N) is 1. The summed E-state index contributed by atoms with van der Waals surface area (Å²) in [6.45, 7) is 2.01. The minimum Gasteiger partial charge on any atom is -0.481 e. The van der Waals surface area contributed by atoms with E-state index in [0.717, 1.165) is 0 Å². The van der Waals surface area contributed by atoms with Gasteiger partial charge >= 0.3 is 5.97 Å². The van der Waals surface area contributed by atoms with Crippen LogP contribution in [0.4, 0.5) is 0 Å². The van der Waals surface area contributed by atoms with E-state index in [1.54, 1.807) is 22.4 Å². The second kappa shape index (κ2) is 6.71. The van der Waals surface area contributed by atoms with Crippen molar-refractivity contribution in [3.8, 4) is 0 Å². The maximum atomic E-state index is 12.2. The van der Waals surface area contributed by atoms with Gasteiger partial charge < -0.3 is 15.3 Å². The third-order valence-corrected chi connectivity index (χ3v) is 4.57. The number of piperidine rings is 1. The van der Waals surface area contributed by atoms with E-state index in [0.29, 0.717) is 17.7 Å². The largest absolute Gasteiger partial charge is 0.481 e. The topological polar surface area (TPSA) is 86.7 Å². The van der Waals surface area contributed by atoms with Gasteiger partial charge in [-0.1, -0.05) is 6.07 Å². The van der Waals surface area contributed by atoms with Gasteiger partial charge in [-0.15, -0.1) is 11.3 Å². The molecule has 0 saturated carbocycles. The molecule has 2 rings (SSSR count). The smallest absolute Gasteiger partial charge is 0.308 e. The van der Waals surface area contributed by atoms with Crippen molar-refractivity contribution in [2.24, 2.45) is 5.92 Å². The molecule has 1 saturated heterocycles. The first kappa shape index (κ1) is 15.5. The molecule has 2 N–H and O–H groups in total. The molecule has 0 bridgehead atoms. The van der Waals surface area contributed by atoms with Crippen molar-refractivity contribution in [2.45, 2.75) is 25.8 Å². The Morgan fingerprint density at radius 2 is 2.19 bits per heavy atom. The van der Waals surface area contributed by atoms with E-state index in [-0.39, 0.29) is 30.9 Å². The van der Waals surface area contributed by atoms with Gasteiger partial charge in [0.05, 0.1) is 17.3 Å². The average Bonchev–Trinajstić information content (AvgIpc) is 2.98. The van der Waals surface area contributed by atoms with Gasteiger partial charge in [-0.25, -0.2) is 0 Å². The number of thiophene rings is 1. The molecular formula is C14H18N2O4S. The highest BCUT2D eigenvalue weighted by atomic mass is 32.1. The third kappa shape index (κ3) is 3.81. The van der Waals surface area contributed by atoms with Crippen LogP contribution in [-0.4, -0.2) is 46.9 Å². The highest BCUT2D eigenvalue weighted by Crippen LogP contribution is 2.22. The zero-order valence-corrected chi connectivity index (χ0v) is 12.6. The maximum absolute atomic E-state index is 12.2. The summed E-state index contributed by atoms with van der Waals surface area (Å²) in [5.74, 6) is -1.91. The first-order chi connectivity index (χ1) is 9.99. The van der Waals surface area contributed by atoms with Crippen LogP contribution in [0.1, 0.15) is 29.4 Å². The van der Waals surface area contributed by atoms with E-state index in [1.807, 2.05) is 6.92 Å². The summed E-state index contributed by atoms with van der Waals surface area (Å²) in [6, 6.07) is 3.46. The van der Waals surface area contributed by atoms with Crippen molar-refractivity contribution in [1.82, 2.24) is 10.2 Å². The summed E-state index contributed by atoms with van der Waals surface area (Å²) in [7, 11) is 0. The van der Waals surface area contributed by atoms with Crippen LogP contribution in [-0.2, 0) is 9.59 Å². The zero-order valence-electron chi connectivity index (χ0n) is 11.7. The second-order valence-electron chi connectivity index (χ2n) is 5.17. The number of hydrogen-bond donors (Lipinski definition) is 2. The predicted octanol–water partition coefficient (Wildman–Crippen LogP) is 1.19. The number of nitrogens with zero attached hydrogens (tertiary/aromatic N) is 1. The maximum Gasteiger partial charge on any atom is 0.308 e. The zero-order chi connectivity index (χ0) is 15.4. The first-order valence-electron chi connectivity index (χ1n) is 6.83. The monoisotopic (exact) mass is 310 g/mol. The summed E-state index contributed by atoms with van der Waals surface area (Å²) in [4.78, 5) is 37.1. The van der Waals surface area contributed by atoms with Crippen LogP contribution in [0.3, 0.4) is 0 Å². The molecule has 7 heteroatoms. The van der Waals surface area contributed by atoms with Gasteiger partial charge in [-0.05, 0) is 31.2 Å². The predicted molar refractivity (Wildman–Crippen MR) is 78.2 cm³/mol. The molecule has 1 aromatic heterocycles.